The van der Waals surface area contributed by atoms with Crippen molar-refractivity contribution in [3.63, 3.8) is 0 Å². The van der Waals surface area contributed by atoms with E-state index in [0.29, 0.717) is 29.4 Å². The van der Waals surface area contributed by atoms with E-state index < -0.39 is 0 Å². The fraction of sp³-hybridized carbons (Fsp3) is 0.308. The van der Waals surface area contributed by atoms with Crippen molar-refractivity contribution in [2.45, 2.75) is 6.42 Å². The van der Waals surface area contributed by atoms with E-state index in [4.69, 9.17) is 19.1 Å². The quantitative estimate of drug-likeness (QED) is 0.914. The van der Waals surface area contributed by atoms with E-state index in [2.05, 4.69) is 21.1 Å². The maximum atomic E-state index is 8.87. The molecule has 0 saturated carbocycles. The molecular weight excluding hydrogens is 314 g/mol. The van der Waals surface area contributed by atoms with Gasteiger partial charge in [-0.15, -0.1) is 0 Å². The summed E-state index contributed by atoms with van der Waals surface area (Å²) in [7, 11) is 3.16. The van der Waals surface area contributed by atoms with Gasteiger partial charge in [0.1, 0.15) is 11.5 Å². The van der Waals surface area contributed by atoms with Crippen molar-refractivity contribution in [3.05, 3.63) is 28.4 Å². The SMILES string of the molecule is COc1cc(Br)c(-c2cc(CCO)on2)cc1OC. The Bertz CT molecular complexity index is 568. The Morgan fingerprint density at radius 3 is 2.53 bits per heavy atom. The van der Waals surface area contributed by atoms with Gasteiger partial charge in [-0.1, -0.05) is 5.16 Å². The van der Waals surface area contributed by atoms with Gasteiger partial charge in [0.05, 0.1) is 20.8 Å². The average molecular weight is 328 g/mol. The highest BCUT2D eigenvalue weighted by atomic mass is 79.9. The van der Waals surface area contributed by atoms with Gasteiger partial charge in [-0.05, 0) is 28.1 Å². The molecule has 1 heterocycles. The number of hydrogen-bond acceptors (Lipinski definition) is 5. The summed E-state index contributed by atoms with van der Waals surface area (Å²) in [4.78, 5) is 0. The van der Waals surface area contributed by atoms with Gasteiger partial charge in [0.15, 0.2) is 11.5 Å². The number of aliphatic hydroxyl groups is 1. The van der Waals surface area contributed by atoms with Crippen molar-refractivity contribution in [2.24, 2.45) is 0 Å². The van der Waals surface area contributed by atoms with Gasteiger partial charge in [0.2, 0.25) is 0 Å². The molecule has 0 atom stereocenters. The normalized spacial score (nSPS) is 10.5. The molecule has 0 radical (unpaired) electrons. The van der Waals surface area contributed by atoms with Gasteiger partial charge in [0.25, 0.3) is 0 Å². The maximum absolute atomic E-state index is 8.87. The van der Waals surface area contributed by atoms with E-state index in [1.165, 1.54) is 0 Å². The van der Waals surface area contributed by atoms with Crippen LogP contribution in [0.2, 0.25) is 0 Å². The summed E-state index contributed by atoms with van der Waals surface area (Å²) in [6.45, 7) is 0.0295. The van der Waals surface area contributed by atoms with Crippen LogP contribution in [-0.4, -0.2) is 31.1 Å². The Labute approximate surface area is 119 Å². The number of hydrogen-bond donors (Lipinski definition) is 1. The number of rotatable bonds is 5. The largest absolute Gasteiger partial charge is 0.493 e. The smallest absolute Gasteiger partial charge is 0.161 e. The molecule has 0 amide bonds. The first-order valence-corrected chi connectivity index (χ1v) is 6.47. The topological polar surface area (TPSA) is 64.7 Å². The van der Waals surface area contributed by atoms with Crippen LogP contribution < -0.4 is 9.47 Å². The van der Waals surface area contributed by atoms with Crippen molar-refractivity contribution < 1.29 is 19.1 Å². The number of methoxy groups -OCH3 is 2. The number of aliphatic hydroxyl groups excluding tert-OH is 1. The lowest BCUT2D eigenvalue weighted by molar-refractivity contribution is 0.277. The lowest BCUT2D eigenvalue weighted by Crippen LogP contribution is -1.92. The van der Waals surface area contributed by atoms with Crippen molar-refractivity contribution in [1.82, 2.24) is 5.16 Å². The van der Waals surface area contributed by atoms with E-state index in [1.54, 1.807) is 20.3 Å². The van der Waals surface area contributed by atoms with Crippen LogP contribution in [0, 0.1) is 0 Å². The van der Waals surface area contributed by atoms with Crippen LogP contribution >= 0.6 is 15.9 Å². The molecule has 102 valence electrons. The average Bonchev–Trinajstić information content (AvgIpc) is 2.87. The minimum atomic E-state index is 0.0295. The standard InChI is InChI=1S/C13H14BrNO4/c1-17-12-6-9(10(14)7-13(12)18-2)11-5-8(3-4-16)19-15-11/h5-7,16H,3-4H2,1-2H3. The zero-order chi connectivity index (χ0) is 13.8. The van der Waals surface area contributed by atoms with Crippen LogP contribution in [-0.2, 0) is 6.42 Å². The van der Waals surface area contributed by atoms with Gasteiger partial charge in [-0.25, -0.2) is 0 Å². The molecule has 1 N–H and O–H groups in total. The molecule has 2 rings (SSSR count). The van der Waals surface area contributed by atoms with Gasteiger partial charge in [-0.2, -0.15) is 0 Å². The number of ether oxygens (including phenoxy) is 2. The monoisotopic (exact) mass is 327 g/mol. The number of aromatic nitrogens is 1. The van der Waals surface area contributed by atoms with Crippen LogP contribution in [0.25, 0.3) is 11.3 Å². The number of nitrogens with zero attached hydrogens (tertiary/aromatic N) is 1. The summed E-state index contributed by atoms with van der Waals surface area (Å²) in [5.41, 5.74) is 1.52. The highest BCUT2D eigenvalue weighted by molar-refractivity contribution is 9.10. The Hall–Kier alpha value is -1.53. The second kappa shape index (κ2) is 6.08. The maximum Gasteiger partial charge on any atom is 0.161 e. The second-order valence-corrected chi connectivity index (χ2v) is 4.69. The molecule has 2 aromatic rings. The molecule has 0 unspecified atom stereocenters. The van der Waals surface area contributed by atoms with Crippen LogP contribution in [0.3, 0.4) is 0 Å². The summed E-state index contributed by atoms with van der Waals surface area (Å²) >= 11 is 3.47. The summed E-state index contributed by atoms with van der Waals surface area (Å²) < 4.78 is 16.5. The van der Waals surface area contributed by atoms with E-state index >= 15 is 0 Å². The van der Waals surface area contributed by atoms with Gasteiger partial charge < -0.3 is 19.1 Å². The molecule has 0 bridgehead atoms. The molecule has 0 aliphatic rings. The first-order chi connectivity index (χ1) is 9.19. The Morgan fingerprint density at radius 2 is 1.89 bits per heavy atom. The van der Waals surface area contributed by atoms with Crippen LogP contribution in [0.1, 0.15) is 5.76 Å². The minimum absolute atomic E-state index is 0.0295. The van der Waals surface area contributed by atoms with E-state index in [-0.39, 0.29) is 6.61 Å². The fourth-order valence-corrected chi connectivity index (χ4v) is 2.24. The molecule has 0 aliphatic heterocycles. The van der Waals surface area contributed by atoms with Crippen molar-refractivity contribution in [1.29, 1.82) is 0 Å². The molecule has 6 heteroatoms. The lowest BCUT2D eigenvalue weighted by Gasteiger charge is -2.10. The molecule has 5 nitrogen and oxygen atoms in total. The zero-order valence-electron chi connectivity index (χ0n) is 10.6. The highest BCUT2D eigenvalue weighted by Crippen LogP contribution is 2.38. The van der Waals surface area contributed by atoms with Gasteiger partial charge in [-0.3, -0.25) is 0 Å². The minimum Gasteiger partial charge on any atom is -0.493 e. The third kappa shape index (κ3) is 2.90. The van der Waals surface area contributed by atoms with E-state index in [9.17, 15) is 0 Å². The third-order valence-electron chi connectivity index (χ3n) is 2.67. The van der Waals surface area contributed by atoms with Crippen molar-refractivity contribution in [2.75, 3.05) is 20.8 Å². The second-order valence-electron chi connectivity index (χ2n) is 3.84. The molecule has 1 aromatic heterocycles. The van der Waals surface area contributed by atoms with Crippen LogP contribution in [0.15, 0.2) is 27.2 Å². The Kier molecular flexibility index (Phi) is 4.44. The highest BCUT2D eigenvalue weighted by Gasteiger charge is 2.14. The fourth-order valence-electron chi connectivity index (χ4n) is 1.72. The van der Waals surface area contributed by atoms with Gasteiger partial charge in [0, 0.05) is 22.5 Å². The summed E-state index contributed by atoms with van der Waals surface area (Å²) in [5.74, 6) is 1.89. The first kappa shape index (κ1) is 13.9. The Morgan fingerprint density at radius 1 is 1.21 bits per heavy atom. The summed E-state index contributed by atoms with van der Waals surface area (Å²) in [6, 6.07) is 5.43. The zero-order valence-corrected chi connectivity index (χ0v) is 12.2. The molecule has 0 fully saturated rings. The predicted molar refractivity (Wildman–Crippen MR) is 73.5 cm³/mol. The van der Waals surface area contributed by atoms with E-state index in [0.717, 1.165) is 10.0 Å². The summed E-state index contributed by atoms with van der Waals surface area (Å²) in [5, 5.41) is 12.9. The molecule has 0 saturated heterocycles. The number of halogens is 1. The van der Waals surface area contributed by atoms with Crippen molar-refractivity contribution in [3.8, 4) is 22.8 Å². The van der Waals surface area contributed by atoms with Gasteiger partial charge >= 0.3 is 0 Å². The summed E-state index contributed by atoms with van der Waals surface area (Å²) in [6.07, 6.45) is 0.442. The van der Waals surface area contributed by atoms with Crippen LogP contribution in [0.4, 0.5) is 0 Å². The first-order valence-electron chi connectivity index (χ1n) is 5.68. The molecule has 0 aliphatic carbocycles. The van der Waals surface area contributed by atoms with E-state index in [1.807, 2.05) is 12.1 Å². The number of benzene rings is 1. The lowest BCUT2D eigenvalue weighted by atomic mass is 10.1. The van der Waals surface area contributed by atoms with Crippen LogP contribution in [0.5, 0.6) is 11.5 Å². The molecule has 1 aromatic carbocycles. The molecular formula is C13H14BrNO4. The molecule has 0 spiro atoms. The van der Waals surface area contributed by atoms with Crippen molar-refractivity contribution >= 4 is 15.9 Å². The molecule has 19 heavy (non-hydrogen) atoms. The predicted octanol–water partition coefficient (Wildman–Crippen LogP) is 2.66. The third-order valence-corrected chi connectivity index (χ3v) is 3.32. The Balaban J connectivity index is 2.42.